The van der Waals surface area contributed by atoms with E-state index in [2.05, 4.69) is 5.32 Å². The number of nitrogens with one attached hydrogen (secondary N) is 1. The SMILES string of the molecule is O=C(CSCc1ccccc1)NCCO. The van der Waals surface area contributed by atoms with E-state index in [1.54, 1.807) is 11.8 Å². The number of carbonyl (C=O) groups excluding carboxylic acids is 1. The molecule has 0 atom stereocenters. The number of hydrogen-bond donors (Lipinski definition) is 2. The van der Waals surface area contributed by atoms with Crippen molar-refractivity contribution in [3.8, 4) is 0 Å². The minimum absolute atomic E-state index is 0.00487. The molecule has 0 saturated heterocycles. The van der Waals surface area contributed by atoms with Crippen LogP contribution in [-0.4, -0.2) is 29.9 Å². The lowest BCUT2D eigenvalue weighted by atomic mass is 10.2. The van der Waals surface area contributed by atoms with Gasteiger partial charge >= 0.3 is 0 Å². The number of aliphatic hydroxyl groups is 1. The van der Waals surface area contributed by atoms with Crippen molar-refractivity contribution in [3.63, 3.8) is 0 Å². The third kappa shape index (κ3) is 5.44. The summed E-state index contributed by atoms with van der Waals surface area (Å²) in [4.78, 5) is 11.1. The van der Waals surface area contributed by atoms with Gasteiger partial charge in [-0.2, -0.15) is 0 Å². The van der Waals surface area contributed by atoms with E-state index in [0.29, 0.717) is 12.3 Å². The van der Waals surface area contributed by atoms with E-state index in [9.17, 15) is 4.79 Å². The Morgan fingerprint density at radius 3 is 2.73 bits per heavy atom. The van der Waals surface area contributed by atoms with Crippen LogP contribution in [0.3, 0.4) is 0 Å². The summed E-state index contributed by atoms with van der Waals surface area (Å²) in [5.74, 6) is 1.26. The van der Waals surface area contributed by atoms with Gasteiger partial charge in [-0.15, -0.1) is 11.8 Å². The molecule has 0 aliphatic rings. The number of rotatable bonds is 6. The van der Waals surface area contributed by atoms with E-state index in [4.69, 9.17) is 5.11 Å². The van der Waals surface area contributed by atoms with Crippen LogP contribution < -0.4 is 5.32 Å². The average molecular weight is 225 g/mol. The summed E-state index contributed by atoms with van der Waals surface area (Å²) in [6.45, 7) is 0.333. The van der Waals surface area contributed by atoms with Crippen molar-refractivity contribution in [1.82, 2.24) is 5.32 Å². The Kier molecular flexibility index (Phi) is 5.88. The Morgan fingerprint density at radius 1 is 1.33 bits per heavy atom. The standard InChI is InChI=1S/C11H15NO2S/c13-7-6-12-11(14)9-15-8-10-4-2-1-3-5-10/h1-5,13H,6-9H2,(H,12,14). The third-order valence-electron chi connectivity index (χ3n) is 1.78. The fourth-order valence-corrected chi connectivity index (χ4v) is 1.90. The Morgan fingerprint density at radius 2 is 2.07 bits per heavy atom. The van der Waals surface area contributed by atoms with Gasteiger partial charge < -0.3 is 10.4 Å². The number of aliphatic hydroxyl groups excluding tert-OH is 1. The predicted molar refractivity (Wildman–Crippen MR) is 62.7 cm³/mol. The van der Waals surface area contributed by atoms with Crippen LogP contribution in [0.15, 0.2) is 30.3 Å². The first-order valence-electron chi connectivity index (χ1n) is 4.82. The molecule has 0 heterocycles. The molecule has 1 aromatic carbocycles. The van der Waals surface area contributed by atoms with Crippen LogP contribution in [-0.2, 0) is 10.5 Å². The second-order valence-corrected chi connectivity index (χ2v) is 4.04. The van der Waals surface area contributed by atoms with Gasteiger partial charge in [-0.1, -0.05) is 30.3 Å². The number of thioether (sulfide) groups is 1. The Bertz CT molecular complexity index is 290. The highest BCUT2D eigenvalue weighted by Crippen LogP contribution is 2.10. The first kappa shape index (κ1) is 12.1. The zero-order valence-corrected chi connectivity index (χ0v) is 9.30. The van der Waals surface area contributed by atoms with Gasteiger partial charge in [0.1, 0.15) is 0 Å². The number of carbonyl (C=O) groups is 1. The summed E-state index contributed by atoms with van der Waals surface area (Å²) in [6.07, 6.45) is 0. The summed E-state index contributed by atoms with van der Waals surface area (Å²) in [5, 5.41) is 11.1. The van der Waals surface area contributed by atoms with Gasteiger partial charge in [0.15, 0.2) is 0 Å². The lowest BCUT2D eigenvalue weighted by Gasteiger charge is -2.03. The van der Waals surface area contributed by atoms with Crippen LogP contribution in [0.4, 0.5) is 0 Å². The summed E-state index contributed by atoms with van der Waals surface area (Å²) in [5.41, 5.74) is 1.22. The minimum Gasteiger partial charge on any atom is -0.395 e. The third-order valence-corrected chi connectivity index (χ3v) is 2.78. The van der Waals surface area contributed by atoms with Crippen molar-refractivity contribution in [3.05, 3.63) is 35.9 Å². The second kappa shape index (κ2) is 7.31. The van der Waals surface area contributed by atoms with Crippen molar-refractivity contribution >= 4 is 17.7 Å². The molecule has 82 valence electrons. The maximum Gasteiger partial charge on any atom is 0.230 e. The van der Waals surface area contributed by atoms with E-state index >= 15 is 0 Å². The van der Waals surface area contributed by atoms with Gasteiger partial charge in [-0.05, 0) is 5.56 Å². The molecule has 3 nitrogen and oxygen atoms in total. The highest BCUT2D eigenvalue weighted by atomic mass is 32.2. The van der Waals surface area contributed by atoms with Crippen LogP contribution in [0.1, 0.15) is 5.56 Å². The molecule has 0 aliphatic heterocycles. The molecule has 4 heteroatoms. The quantitative estimate of drug-likeness (QED) is 0.760. The first-order valence-corrected chi connectivity index (χ1v) is 5.97. The van der Waals surface area contributed by atoms with Gasteiger partial charge in [-0.3, -0.25) is 4.79 Å². The molecular formula is C11H15NO2S. The number of benzene rings is 1. The molecule has 1 rings (SSSR count). The topological polar surface area (TPSA) is 49.3 Å². The average Bonchev–Trinajstić information content (AvgIpc) is 2.28. The maximum atomic E-state index is 11.1. The predicted octanol–water partition coefficient (Wildman–Crippen LogP) is 1.03. The van der Waals surface area contributed by atoms with E-state index in [1.165, 1.54) is 5.56 Å². The molecule has 0 bridgehead atoms. The molecule has 0 aromatic heterocycles. The Labute approximate surface area is 93.9 Å². The van der Waals surface area contributed by atoms with E-state index in [0.717, 1.165) is 5.75 Å². The van der Waals surface area contributed by atoms with Crippen molar-refractivity contribution < 1.29 is 9.90 Å². The van der Waals surface area contributed by atoms with Gasteiger partial charge in [0.2, 0.25) is 5.91 Å². The molecule has 0 spiro atoms. The van der Waals surface area contributed by atoms with Crippen molar-refractivity contribution in [2.24, 2.45) is 0 Å². The largest absolute Gasteiger partial charge is 0.395 e. The lowest BCUT2D eigenvalue weighted by molar-refractivity contribution is -0.118. The van der Waals surface area contributed by atoms with Crippen molar-refractivity contribution in [2.45, 2.75) is 5.75 Å². The maximum absolute atomic E-state index is 11.1. The number of hydrogen-bond acceptors (Lipinski definition) is 3. The molecule has 0 unspecified atom stereocenters. The van der Waals surface area contributed by atoms with Crippen LogP contribution >= 0.6 is 11.8 Å². The molecule has 15 heavy (non-hydrogen) atoms. The minimum atomic E-state index is -0.0232. The van der Waals surface area contributed by atoms with E-state index < -0.39 is 0 Å². The summed E-state index contributed by atoms with van der Waals surface area (Å²) < 4.78 is 0. The monoisotopic (exact) mass is 225 g/mol. The van der Waals surface area contributed by atoms with Crippen molar-refractivity contribution in [1.29, 1.82) is 0 Å². The van der Waals surface area contributed by atoms with Crippen molar-refractivity contribution in [2.75, 3.05) is 18.9 Å². The highest BCUT2D eigenvalue weighted by molar-refractivity contribution is 7.99. The van der Waals surface area contributed by atoms with E-state index in [1.807, 2.05) is 30.3 Å². The van der Waals surface area contributed by atoms with Gasteiger partial charge in [0.05, 0.1) is 12.4 Å². The number of amides is 1. The lowest BCUT2D eigenvalue weighted by Crippen LogP contribution is -2.27. The normalized spacial score (nSPS) is 9.93. The Balaban J connectivity index is 2.14. The highest BCUT2D eigenvalue weighted by Gasteiger charge is 2.00. The van der Waals surface area contributed by atoms with Gasteiger partial charge in [0, 0.05) is 12.3 Å². The van der Waals surface area contributed by atoms with Crippen LogP contribution in [0.5, 0.6) is 0 Å². The fraction of sp³-hybridized carbons (Fsp3) is 0.364. The van der Waals surface area contributed by atoms with Gasteiger partial charge in [0.25, 0.3) is 0 Å². The molecule has 1 amide bonds. The summed E-state index contributed by atoms with van der Waals surface area (Å²) >= 11 is 1.57. The molecule has 1 aromatic rings. The fourth-order valence-electron chi connectivity index (χ4n) is 1.08. The van der Waals surface area contributed by atoms with Gasteiger partial charge in [-0.25, -0.2) is 0 Å². The molecule has 0 saturated carbocycles. The second-order valence-electron chi connectivity index (χ2n) is 3.05. The smallest absolute Gasteiger partial charge is 0.230 e. The Hall–Kier alpha value is -1.00. The van der Waals surface area contributed by atoms with Crippen LogP contribution in [0.25, 0.3) is 0 Å². The first-order chi connectivity index (χ1) is 7.33. The molecule has 0 fully saturated rings. The van der Waals surface area contributed by atoms with E-state index in [-0.39, 0.29) is 12.5 Å². The zero-order chi connectivity index (χ0) is 10.9. The summed E-state index contributed by atoms with van der Waals surface area (Å²) in [6, 6.07) is 10.0. The molecule has 0 aliphatic carbocycles. The molecular weight excluding hydrogens is 210 g/mol. The zero-order valence-electron chi connectivity index (χ0n) is 8.48. The molecule has 0 radical (unpaired) electrons. The summed E-state index contributed by atoms with van der Waals surface area (Å²) in [7, 11) is 0. The van der Waals surface area contributed by atoms with Crippen LogP contribution in [0, 0.1) is 0 Å². The van der Waals surface area contributed by atoms with Crippen LogP contribution in [0.2, 0.25) is 0 Å². The molecule has 2 N–H and O–H groups in total.